The minimum absolute atomic E-state index is 0.0401. The molecule has 24 heavy (non-hydrogen) atoms. The second kappa shape index (κ2) is 5.37. The van der Waals surface area contributed by atoms with Crippen LogP contribution in [0.2, 0.25) is 0 Å². The number of carbonyl (C=O) groups excluding carboxylic acids is 2. The van der Waals surface area contributed by atoms with E-state index in [1.807, 2.05) is 31.2 Å². The van der Waals surface area contributed by atoms with Crippen molar-refractivity contribution in [3.63, 3.8) is 0 Å². The van der Waals surface area contributed by atoms with Gasteiger partial charge in [0.05, 0.1) is 16.9 Å². The summed E-state index contributed by atoms with van der Waals surface area (Å²) in [7, 11) is 0. The summed E-state index contributed by atoms with van der Waals surface area (Å²) in [6, 6.07) is 7.57. The van der Waals surface area contributed by atoms with Crippen LogP contribution in [0.15, 0.2) is 33.7 Å². The van der Waals surface area contributed by atoms with Gasteiger partial charge in [0.1, 0.15) is 12.4 Å². The monoisotopic (exact) mass is 344 g/mol. The number of esters is 1. The first kappa shape index (κ1) is 15.3. The Bertz CT molecular complexity index is 827. The Morgan fingerprint density at radius 1 is 1.42 bits per heavy atom. The van der Waals surface area contributed by atoms with Crippen LogP contribution >= 0.6 is 11.8 Å². The molecule has 0 bridgehead atoms. The summed E-state index contributed by atoms with van der Waals surface area (Å²) in [4.78, 5) is 26.8. The summed E-state index contributed by atoms with van der Waals surface area (Å²) >= 11 is 1.40. The maximum absolute atomic E-state index is 12.9. The molecule has 124 valence electrons. The van der Waals surface area contributed by atoms with E-state index < -0.39 is 10.8 Å². The number of carbonyl (C=O) groups is 2. The summed E-state index contributed by atoms with van der Waals surface area (Å²) in [5.41, 5.74) is 2.27. The first-order chi connectivity index (χ1) is 11.5. The van der Waals surface area contributed by atoms with Crippen molar-refractivity contribution in [3.05, 3.63) is 41.3 Å². The van der Waals surface area contributed by atoms with Gasteiger partial charge < -0.3 is 9.26 Å². The number of hydrogen-bond donors (Lipinski definition) is 0. The van der Waals surface area contributed by atoms with E-state index in [1.54, 1.807) is 11.8 Å². The van der Waals surface area contributed by atoms with Crippen LogP contribution in [0.25, 0.3) is 0 Å². The molecule has 0 saturated carbocycles. The van der Waals surface area contributed by atoms with Crippen molar-refractivity contribution < 1.29 is 18.8 Å². The van der Waals surface area contributed by atoms with E-state index in [0.717, 1.165) is 16.1 Å². The summed E-state index contributed by atoms with van der Waals surface area (Å²) in [6.45, 7) is 3.69. The minimum Gasteiger partial charge on any atom is -0.458 e. The topological polar surface area (TPSA) is 72.6 Å². The molecule has 0 aliphatic carbocycles. The largest absolute Gasteiger partial charge is 0.458 e. The van der Waals surface area contributed by atoms with E-state index in [2.05, 4.69) is 5.16 Å². The van der Waals surface area contributed by atoms with Gasteiger partial charge in [0, 0.05) is 17.7 Å². The van der Waals surface area contributed by atoms with Gasteiger partial charge in [0.15, 0.2) is 4.87 Å². The molecule has 3 heterocycles. The lowest BCUT2D eigenvalue weighted by Gasteiger charge is -2.28. The molecule has 2 aliphatic heterocycles. The van der Waals surface area contributed by atoms with E-state index in [9.17, 15) is 9.59 Å². The molecular weight excluding hydrogens is 328 g/mol. The molecule has 1 aromatic carbocycles. The van der Waals surface area contributed by atoms with E-state index in [0.29, 0.717) is 24.3 Å². The summed E-state index contributed by atoms with van der Waals surface area (Å²) in [5.74, 6) is 0.204. The number of para-hydroxylation sites is 1. The average molecular weight is 344 g/mol. The second-order valence-electron chi connectivity index (χ2n) is 5.96. The number of benzene rings is 1. The molecule has 0 N–H and O–H groups in total. The lowest BCUT2D eigenvalue weighted by Crippen LogP contribution is -2.47. The lowest BCUT2D eigenvalue weighted by atomic mass is 10.2. The van der Waals surface area contributed by atoms with Crippen LogP contribution in [0.1, 0.15) is 29.9 Å². The number of amides is 1. The molecule has 2 aliphatic rings. The van der Waals surface area contributed by atoms with E-state index >= 15 is 0 Å². The van der Waals surface area contributed by atoms with Gasteiger partial charge in [0.2, 0.25) is 5.91 Å². The highest BCUT2D eigenvalue weighted by Crippen LogP contribution is 2.56. The number of anilines is 1. The maximum atomic E-state index is 12.9. The second-order valence-corrected chi connectivity index (χ2v) is 7.28. The number of thioether (sulfide) groups is 1. The molecule has 6 nitrogen and oxygen atoms in total. The van der Waals surface area contributed by atoms with Gasteiger partial charge in [0.25, 0.3) is 0 Å². The number of rotatable bonds is 3. The van der Waals surface area contributed by atoms with E-state index in [1.165, 1.54) is 11.8 Å². The van der Waals surface area contributed by atoms with Crippen molar-refractivity contribution in [1.29, 1.82) is 0 Å². The molecular formula is C17H16N2O4S. The molecule has 0 spiro atoms. The van der Waals surface area contributed by atoms with Crippen LogP contribution < -0.4 is 4.90 Å². The molecule has 7 heteroatoms. The Hall–Kier alpha value is -2.28. The molecule has 0 radical (unpaired) electrons. The summed E-state index contributed by atoms with van der Waals surface area (Å²) < 4.78 is 10.7. The van der Waals surface area contributed by atoms with Crippen molar-refractivity contribution in [1.82, 2.24) is 5.16 Å². The molecule has 1 atom stereocenters. The van der Waals surface area contributed by atoms with Crippen LogP contribution in [0.5, 0.6) is 0 Å². The normalized spacial score (nSPS) is 21.8. The Morgan fingerprint density at radius 2 is 2.21 bits per heavy atom. The predicted molar refractivity (Wildman–Crippen MR) is 87.5 cm³/mol. The molecule has 1 saturated heterocycles. The number of hydrogen-bond acceptors (Lipinski definition) is 6. The zero-order chi connectivity index (χ0) is 16.9. The Kier molecular flexibility index (Phi) is 3.42. The Balaban J connectivity index is 1.61. The quantitative estimate of drug-likeness (QED) is 0.797. The van der Waals surface area contributed by atoms with Gasteiger partial charge in [-0.05, 0) is 26.0 Å². The molecule has 1 unspecified atom stereocenters. The smallest absolute Gasteiger partial charge is 0.343 e. The standard InChI is InChI=1S/C17H16N2O4S/c1-10-12(11(2)23-18-10)9-22-16(21)17-8-7-15(20)19(17)13-5-3-4-6-14(13)24-17/h3-6H,7-9H2,1-2H3. The maximum Gasteiger partial charge on any atom is 0.343 e. The minimum atomic E-state index is -0.986. The average Bonchev–Trinajstić information content (AvgIpc) is 3.19. The van der Waals surface area contributed by atoms with Crippen LogP contribution in [0.4, 0.5) is 5.69 Å². The van der Waals surface area contributed by atoms with Crippen molar-refractivity contribution in [2.45, 2.75) is 43.1 Å². The van der Waals surface area contributed by atoms with Crippen LogP contribution in [-0.4, -0.2) is 21.9 Å². The fraction of sp³-hybridized carbons (Fsp3) is 0.353. The van der Waals surface area contributed by atoms with E-state index in [-0.39, 0.29) is 12.5 Å². The van der Waals surface area contributed by atoms with Gasteiger partial charge in [-0.1, -0.05) is 29.1 Å². The third kappa shape index (κ3) is 2.07. The number of nitrogens with zero attached hydrogens (tertiary/aromatic N) is 2. The Labute approximate surface area is 143 Å². The SMILES string of the molecule is Cc1noc(C)c1COC(=O)C12CCC(=O)N1c1ccccc1S2. The van der Waals surface area contributed by atoms with Crippen molar-refractivity contribution in [2.75, 3.05) is 4.90 Å². The third-order valence-electron chi connectivity index (χ3n) is 4.52. The van der Waals surface area contributed by atoms with Gasteiger partial charge in [-0.25, -0.2) is 4.79 Å². The van der Waals surface area contributed by atoms with Gasteiger partial charge in [-0.2, -0.15) is 0 Å². The highest BCUT2D eigenvalue weighted by atomic mass is 32.2. The fourth-order valence-corrected chi connectivity index (χ4v) is 4.64. The lowest BCUT2D eigenvalue weighted by molar-refractivity contribution is -0.148. The molecule has 4 rings (SSSR count). The molecule has 1 aromatic heterocycles. The number of ether oxygens (including phenoxy) is 1. The summed E-state index contributed by atoms with van der Waals surface area (Å²) in [5, 5.41) is 3.86. The fourth-order valence-electron chi connectivity index (χ4n) is 3.23. The highest BCUT2D eigenvalue weighted by molar-refractivity contribution is 8.02. The van der Waals surface area contributed by atoms with Gasteiger partial charge in [-0.3, -0.25) is 9.69 Å². The Morgan fingerprint density at radius 3 is 2.96 bits per heavy atom. The van der Waals surface area contributed by atoms with Crippen LogP contribution in [0, 0.1) is 13.8 Å². The van der Waals surface area contributed by atoms with Crippen LogP contribution in [0.3, 0.4) is 0 Å². The summed E-state index contributed by atoms with van der Waals surface area (Å²) in [6.07, 6.45) is 0.799. The zero-order valence-electron chi connectivity index (χ0n) is 13.4. The van der Waals surface area contributed by atoms with Crippen LogP contribution in [-0.2, 0) is 20.9 Å². The zero-order valence-corrected chi connectivity index (χ0v) is 14.2. The number of aromatic nitrogens is 1. The first-order valence-corrected chi connectivity index (χ1v) is 8.54. The number of aryl methyl sites for hydroxylation is 2. The van der Waals surface area contributed by atoms with Gasteiger partial charge in [-0.15, -0.1) is 0 Å². The predicted octanol–water partition coefficient (Wildman–Crippen LogP) is 2.96. The van der Waals surface area contributed by atoms with Gasteiger partial charge >= 0.3 is 5.97 Å². The molecule has 1 fully saturated rings. The van der Waals surface area contributed by atoms with Crippen molar-refractivity contribution in [3.8, 4) is 0 Å². The third-order valence-corrected chi connectivity index (χ3v) is 5.98. The first-order valence-electron chi connectivity index (χ1n) is 7.73. The van der Waals surface area contributed by atoms with Crippen molar-refractivity contribution >= 4 is 29.3 Å². The highest BCUT2D eigenvalue weighted by Gasteiger charge is 2.58. The molecule has 1 amide bonds. The molecule has 2 aromatic rings. The number of fused-ring (bicyclic) bond motifs is 3. The van der Waals surface area contributed by atoms with Crippen molar-refractivity contribution in [2.24, 2.45) is 0 Å². The van der Waals surface area contributed by atoms with E-state index in [4.69, 9.17) is 9.26 Å².